The van der Waals surface area contributed by atoms with Gasteiger partial charge in [-0.1, -0.05) is 13.0 Å². The monoisotopic (exact) mass is 304 g/mol. The molecule has 0 unspecified atom stereocenters. The standard InChI is InChI=1S/C11H18N4.BrH.H2O/c1-3-12-15-9-5-8-14(15)11-7-4-6-10(2)13-11;;/h4,6-7,12H,3,5,8-9H2,1-2H3;1H;1H2. The molecule has 0 bridgehead atoms. The maximum absolute atomic E-state index is 4.53. The summed E-state index contributed by atoms with van der Waals surface area (Å²) in [5.41, 5.74) is 4.40. The van der Waals surface area contributed by atoms with E-state index in [4.69, 9.17) is 0 Å². The Balaban J connectivity index is 0.00000128. The maximum Gasteiger partial charge on any atom is 0.144 e. The summed E-state index contributed by atoms with van der Waals surface area (Å²) in [6, 6.07) is 6.14. The number of aromatic nitrogens is 1. The molecule has 6 heteroatoms. The zero-order chi connectivity index (χ0) is 10.7. The van der Waals surface area contributed by atoms with Gasteiger partial charge in [0, 0.05) is 25.3 Å². The molecule has 3 N–H and O–H groups in total. The second-order valence-corrected chi connectivity index (χ2v) is 3.75. The minimum absolute atomic E-state index is 0. The number of hydrogen-bond acceptors (Lipinski definition) is 4. The Kier molecular flexibility index (Phi) is 7.29. The first-order valence-corrected chi connectivity index (χ1v) is 5.53. The number of nitrogens with zero attached hydrogens (tertiary/aromatic N) is 3. The van der Waals surface area contributed by atoms with Crippen LogP contribution in [-0.4, -0.2) is 35.2 Å². The molecule has 1 aromatic heterocycles. The smallest absolute Gasteiger partial charge is 0.144 e. The quantitative estimate of drug-likeness (QED) is 0.908. The molecule has 0 amide bonds. The number of aryl methyl sites for hydroxylation is 1. The third kappa shape index (κ3) is 3.92. The Morgan fingerprint density at radius 3 is 2.76 bits per heavy atom. The highest BCUT2D eigenvalue weighted by Gasteiger charge is 2.22. The lowest BCUT2D eigenvalue weighted by atomic mass is 10.3. The number of hydrazine groups is 2. The first-order chi connectivity index (χ1) is 7.31. The van der Waals surface area contributed by atoms with Crippen molar-refractivity contribution in [2.45, 2.75) is 20.3 Å². The number of rotatable bonds is 3. The molecular formula is C11H21BrN4O. The summed E-state index contributed by atoms with van der Waals surface area (Å²) < 4.78 is 0. The molecule has 2 heterocycles. The van der Waals surface area contributed by atoms with Gasteiger partial charge in [-0.25, -0.2) is 10.4 Å². The summed E-state index contributed by atoms with van der Waals surface area (Å²) in [6.07, 6.45) is 1.18. The van der Waals surface area contributed by atoms with Crippen molar-refractivity contribution >= 4 is 22.8 Å². The topological polar surface area (TPSA) is 62.9 Å². The van der Waals surface area contributed by atoms with E-state index in [1.54, 1.807) is 0 Å². The molecule has 1 aliphatic heterocycles. The van der Waals surface area contributed by atoms with Crippen LogP contribution in [0.2, 0.25) is 0 Å². The SMILES string of the molecule is Br.CCNN1CCCN1c1cccc(C)n1.O. The van der Waals surface area contributed by atoms with E-state index in [-0.39, 0.29) is 22.5 Å². The van der Waals surface area contributed by atoms with Gasteiger partial charge in [0.15, 0.2) is 0 Å². The Bertz CT molecular complexity index is 337. The number of halogens is 1. The van der Waals surface area contributed by atoms with Crippen LogP contribution >= 0.6 is 17.0 Å². The Hall–Kier alpha value is -0.690. The zero-order valence-corrected chi connectivity index (χ0v) is 12.0. The van der Waals surface area contributed by atoms with E-state index in [1.807, 2.05) is 13.0 Å². The second-order valence-electron chi connectivity index (χ2n) is 3.75. The van der Waals surface area contributed by atoms with Crippen molar-refractivity contribution in [3.05, 3.63) is 23.9 Å². The van der Waals surface area contributed by atoms with Gasteiger partial charge in [-0.3, -0.25) is 5.01 Å². The van der Waals surface area contributed by atoms with E-state index in [1.165, 1.54) is 6.42 Å². The average Bonchev–Trinajstić information content (AvgIpc) is 2.66. The molecular weight excluding hydrogens is 284 g/mol. The van der Waals surface area contributed by atoms with Gasteiger partial charge >= 0.3 is 0 Å². The van der Waals surface area contributed by atoms with Gasteiger partial charge < -0.3 is 5.48 Å². The average molecular weight is 305 g/mol. The summed E-state index contributed by atoms with van der Waals surface area (Å²) in [4.78, 5) is 4.53. The lowest BCUT2D eigenvalue weighted by Gasteiger charge is -2.28. The molecule has 17 heavy (non-hydrogen) atoms. The first-order valence-electron chi connectivity index (χ1n) is 5.53. The molecule has 1 saturated heterocycles. The first kappa shape index (κ1) is 16.3. The Labute approximate surface area is 113 Å². The van der Waals surface area contributed by atoms with Gasteiger partial charge in [0.2, 0.25) is 0 Å². The highest BCUT2D eigenvalue weighted by atomic mass is 79.9. The van der Waals surface area contributed by atoms with E-state index >= 15 is 0 Å². The van der Waals surface area contributed by atoms with Crippen LogP contribution < -0.4 is 10.4 Å². The molecule has 0 spiro atoms. The van der Waals surface area contributed by atoms with Crippen LogP contribution in [0.1, 0.15) is 19.0 Å². The third-order valence-corrected chi connectivity index (χ3v) is 2.51. The highest BCUT2D eigenvalue weighted by Crippen LogP contribution is 2.17. The fourth-order valence-electron chi connectivity index (χ4n) is 1.87. The molecule has 5 nitrogen and oxygen atoms in total. The summed E-state index contributed by atoms with van der Waals surface area (Å²) in [5, 5.41) is 4.36. The van der Waals surface area contributed by atoms with Crippen molar-refractivity contribution in [1.82, 2.24) is 15.5 Å². The molecule has 1 aliphatic rings. The molecule has 1 aromatic rings. The van der Waals surface area contributed by atoms with Crippen LogP contribution in [0.25, 0.3) is 0 Å². The summed E-state index contributed by atoms with van der Waals surface area (Å²) >= 11 is 0. The van der Waals surface area contributed by atoms with Gasteiger partial charge in [-0.2, -0.15) is 5.12 Å². The van der Waals surface area contributed by atoms with Crippen LogP contribution in [0.5, 0.6) is 0 Å². The molecule has 0 saturated carbocycles. The second kappa shape index (κ2) is 7.60. The molecule has 0 aliphatic carbocycles. The van der Waals surface area contributed by atoms with Crippen LogP contribution in [0.15, 0.2) is 18.2 Å². The fraction of sp³-hybridized carbons (Fsp3) is 0.545. The number of hydrogen-bond donors (Lipinski definition) is 1. The minimum atomic E-state index is 0. The number of pyridine rings is 1. The molecule has 0 aromatic carbocycles. The lowest BCUT2D eigenvalue weighted by Crippen LogP contribution is -2.46. The van der Waals surface area contributed by atoms with Crippen LogP contribution in [0.4, 0.5) is 5.82 Å². The molecule has 98 valence electrons. The van der Waals surface area contributed by atoms with Crippen molar-refractivity contribution in [2.24, 2.45) is 0 Å². The summed E-state index contributed by atoms with van der Waals surface area (Å²) in [5.74, 6) is 1.04. The van der Waals surface area contributed by atoms with Crippen molar-refractivity contribution in [2.75, 3.05) is 24.6 Å². The molecule has 0 atom stereocenters. The third-order valence-electron chi connectivity index (χ3n) is 2.51. The normalized spacial score (nSPS) is 15.3. The van der Waals surface area contributed by atoms with E-state index < -0.39 is 0 Å². The van der Waals surface area contributed by atoms with E-state index in [0.717, 1.165) is 31.1 Å². The van der Waals surface area contributed by atoms with E-state index in [9.17, 15) is 0 Å². The molecule has 0 radical (unpaired) electrons. The lowest BCUT2D eigenvalue weighted by molar-refractivity contribution is 0.218. The van der Waals surface area contributed by atoms with E-state index in [2.05, 4.69) is 39.6 Å². The van der Waals surface area contributed by atoms with Crippen molar-refractivity contribution < 1.29 is 5.48 Å². The largest absolute Gasteiger partial charge is 0.412 e. The Morgan fingerprint density at radius 2 is 2.12 bits per heavy atom. The number of anilines is 1. The van der Waals surface area contributed by atoms with Gasteiger partial charge in [0.1, 0.15) is 5.82 Å². The van der Waals surface area contributed by atoms with Gasteiger partial charge in [-0.05, 0) is 25.5 Å². The maximum atomic E-state index is 4.53. The molecule has 2 rings (SSSR count). The van der Waals surface area contributed by atoms with Crippen LogP contribution in [0, 0.1) is 6.92 Å². The predicted molar refractivity (Wildman–Crippen MR) is 75.3 cm³/mol. The van der Waals surface area contributed by atoms with Crippen LogP contribution in [0.3, 0.4) is 0 Å². The van der Waals surface area contributed by atoms with Gasteiger partial charge in [0.25, 0.3) is 0 Å². The zero-order valence-electron chi connectivity index (χ0n) is 10.3. The Morgan fingerprint density at radius 1 is 1.35 bits per heavy atom. The van der Waals surface area contributed by atoms with Crippen molar-refractivity contribution in [3.8, 4) is 0 Å². The summed E-state index contributed by atoms with van der Waals surface area (Å²) in [6.45, 7) is 7.19. The number of nitrogens with one attached hydrogen (secondary N) is 1. The summed E-state index contributed by atoms with van der Waals surface area (Å²) in [7, 11) is 0. The fourth-order valence-corrected chi connectivity index (χ4v) is 1.87. The van der Waals surface area contributed by atoms with Crippen molar-refractivity contribution in [3.63, 3.8) is 0 Å². The van der Waals surface area contributed by atoms with Crippen molar-refractivity contribution in [1.29, 1.82) is 0 Å². The predicted octanol–water partition coefficient (Wildman–Crippen LogP) is 1.09. The molecule has 1 fully saturated rings. The highest BCUT2D eigenvalue weighted by molar-refractivity contribution is 8.93. The van der Waals surface area contributed by atoms with E-state index in [0.29, 0.717) is 0 Å². The van der Waals surface area contributed by atoms with Gasteiger partial charge in [-0.15, -0.1) is 17.0 Å². The van der Waals surface area contributed by atoms with Crippen LogP contribution in [-0.2, 0) is 0 Å². The van der Waals surface area contributed by atoms with Gasteiger partial charge in [0.05, 0.1) is 0 Å². The minimum Gasteiger partial charge on any atom is -0.412 e.